The Bertz CT molecular complexity index is 385. The molecule has 4 nitrogen and oxygen atoms in total. The molecule has 0 bridgehead atoms. The summed E-state index contributed by atoms with van der Waals surface area (Å²) in [5.74, 6) is -0.496. The molecule has 112 valence electrons. The monoisotopic (exact) mass is 279 g/mol. The van der Waals surface area contributed by atoms with Gasteiger partial charge in [-0.1, -0.05) is 18.7 Å². The van der Waals surface area contributed by atoms with E-state index in [1.165, 1.54) is 0 Å². The third-order valence-electron chi connectivity index (χ3n) is 1.65. The number of ether oxygens (including phenoxy) is 1. The van der Waals surface area contributed by atoms with Crippen molar-refractivity contribution in [3.63, 3.8) is 0 Å². The zero-order valence-electron chi connectivity index (χ0n) is 13.0. The van der Waals surface area contributed by atoms with E-state index in [0.29, 0.717) is 6.29 Å². The fourth-order valence-electron chi connectivity index (χ4n) is 0.982. The van der Waals surface area contributed by atoms with E-state index in [2.05, 4.69) is 11.9 Å². The van der Waals surface area contributed by atoms with Gasteiger partial charge in [0.25, 0.3) is 0 Å². The zero-order valence-corrected chi connectivity index (χ0v) is 13.0. The van der Waals surface area contributed by atoms with Crippen molar-refractivity contribution in [2.45, 2.75) is 33.3 Å². The van der Waals surface area contributed by atoms with Crippen LogP contribution < -0.4 is 5.32 Å². The predicted molar refractivity (Wildman–Crippen MR) is 83.2 cm³/mol. The molecular weight excluding hydrogens is 254 g/mol. The normalized spacial score (nSPS) is 11.8. The molecule has 0 aliphatic heterocycles. The van der Waals surface area contributed by atoms with Crippen molar-refractivity contribution in [1.29, 1.82) is 0 Å². The predicted octanol–water partition coefficient (Wildman–Crippen LogP) is 2.94. The fourth-order valence-corrected chi connectivity index (χ4v) is 0.982. The van der Waals surface area contributed by atoms with E-state index in [0.717, 1.165) is 17.8 Å². The Labute approximate surface area is 121 Å². The van der Waals surface area contributed by atoms with Crippen molar-refractivity contribution < 1.29 is 14.3 Å². The van der Waals surface area contributed by atoms with E-state index < -0.39 is 11.6 Å². The number of hydrogen-bond acceptors (Lipinski definition) is 4. The van der Waals surface area contributed by atoms with Crippen molar-refractivity contribution in [2.24, 2.45) is 0 Å². The number of aldehydes is 1. The van der Waals surface area contributed by atoms with Crippen LogP contribution in [0.4, 0.5) is 0 Å². The molecule has 0 amide bonds. The Kier molecular flexibility index (Phi) is 12.1. The lowest BCUT2D eigenvalue weighted by Gasteiger charge is -2.17. The van der Waals surface area contributed by atoms with Gasteiger partial charge in [0.05, 0.1) is 0 Å². The molecule has 0 radical (unpaired) electrons. The van der Waals surface area contributed by atoms with E-state index in [-0.39, 0.29) is 0 Å². The maximum absolute atomic E-state index is 10.7. The first-order valence-electron chi connectivity index (χ1n) is 6.28. The van der Waals surface area contributed by atoms with Crippen molar-refractivity contribution in [1.82, 2.24) is 5.32 Å². The fraction of sp³-hybridized carbons (Fsp3) is 0.375. The van der Waals surface area contributed by atoms with Crippen molar-refractivity contribution in [2.75, 3.05) is 7.05 Å². The second kappa shape index (κ2) is 12.0. The third-order valence-corrected chi connectivity index (χ3v) is 1.65. The maximum atomic E-state index is 10.7. The molecule has 0 aromatic carbocycles. The Morgan fingerprint density at radius 2 is 1.85 bits per heavy atom. The molecule has 0 aromatic rings. The summed E-state index contributed by atoms with van der Waals surface area (Å²) in [5, 5.41) is 3.01. The SMILES string of the molecule is C=C/C=C(\C=C/C)NC.CC(C)(C)OC(=O)/C=C/C=O. The molecule has 0 saturated carbocycles. The number of hydrogen-bond donors (Lipinski definition) is 1. The molecule has 0 saturated heterocycles. The van der Waals surface area contributed by atoms with Gasteiger partial charge in [-0.2, -0.15) is 0 Å². The highest BCUT2D eigenvalue weighted by molar-refractivity contribution is 5.86. The van der Waals surface area contributed by atoms with Gasteiger partial charge in [-0.15, -0.1) is 0 Å². The van der Waals surface area contributed by atoms with Crippen LogP contribution in [-0.2, 0) is 14.3 Å². The van der Waals surface area contributed by atoms with Gasteiger partial charge in [0.15, 0.2) is 0 Å². The van der Waals surface area contributed by atoms with Gasteiger partial charge in [-0.25, -0.2) is 4.79 Å². The number of nitrogens with one attached hydrogen (secondary N) is 1. The van der Waals surface area contributed by atoms with Gasteiger partial charge >= 0.3 is 5.97 Å². The lowest BCUT2D eigenvalue weighted by molar-refractivity contribution is -0.148. The summed E-state index contributed by atoms with van der Waals surface area (Å²) in [6.07, 6.45) is 10.4. The number of carbonyl (C=O) groups is 2. The van der Waals surface area contributed by atoms with Crippen molar-refractivity contribution >= 4 is 12.3 Å². The quantitative estimate of drug-likeness (QED) is 0.364. The van der Waals surface area contributed by atoms with E-state index in [4.69, 9.17) is 4.74 Å². The van der Waals surface area contributed by atoms with Crippen LogP contribution >= 0.6 is 0 Å². The van der Waals surface area contributed by atoms with E-state index >= 15 is 0 Å². The third kappa shape index (κ3) is 15.9. The molecule has 0 aromatic heterocycles. The average molecular weight is 279 g/mol. The molecule has 1 N–H and O–H groups in total. The van der Waals surface area contributed by atoms with Crippen LogP contribution in [0.1, 0.15) is 27.7 Å². The second-order valence-corrected chi connectivity index (χ2v) is 4.64. The molecule has 0 heterocycles. The van der Waals surface area contributed by atoms with Crippen LogP contribution in [0, 0.1) is 0 Å². The minimum Gasteiger partial charge on any atom is -0.457 e. The molecule has 0 spiro atoms. The summed E-state index contributed by atoms with van der Waals surface area (Å²) in [7, 11) is 1.88. The summed E-state index contributed by atoms with van der Waals surface area (Å²) in [5.41, 5.74) is 0.581. The molecule has 0 fully saturated rings. The molecule has 20 heavy (non-hydrogen) atoms. The first kappa shape index (κ1) is 20.2. The first-order chi connectivity index (χ1) is 9.30. The van der Waals surface area contributed by atoms with Crippen LogP contribution in [0.5, 0.6) is 0 Å². The number of rotatable bonds is 5. The summed E-state index contributed by atoms with van der Waals surface area (Å²) < 4.78 is 4.86. The van der Waals surface area contributed by atoms with E-state index in [1.54, 1.807) is 26.8 Å². The Balaban J connectivity index is 0. The molecule has 0 aliphatic rings. The molecule has 0 rings (SSSR count). The Hall–Kier alpha value is -2.10. The number of carbonyl (C=O) groups excluding carboxylic acids is 2. The topological polar surface area (TPSA) is 55.4 Å². The highest BCUT2D eigenvalue weighted by Gasteiger charge is 2.13. The summed E-state index contributed by atoms with van der Waals surface area (Å²) in [4.78, 5) is 20.5. The molecule has 0 unspecified atom stereocenters. The Morgan fingerprint density at radius 1 is 1.25 bits per heavy atom. The van der Waals surface area contributed by atoms with Crippen molar-refractivity contribution in [3.8, 4) is 0 Å². The molecule has 0 atom stereocenters. The molecular formula is C16H25NO3. The van der Waals surface area contributed by atoms with Crippen LogP contribution in [-0.4, -0.2) is 24.9 Å². The highest BCUT2D eigenvalue weighted by Crippen LogP contribution is 2.06. The van der Waals surface area contributed by atoms with Crippen LogP contribution in [0.25, 0.3) is 0 Å². The minimum absolute atomic E-state index is 0.496. The summed E-state index contributed by atoms with van der Waals surface area (Å²) >= 11 is 0. The Morgan fingerprint density at radius 3 is 2.20 bits per heavy atom. The maximum Gasteiger partial charge on any atom is 0.331 e. The molecule has 4 heteroatoms. The first-order valence-corrected chi connectivity index (χ1v) is 6.28. The van der Waals surface area contributed by atoms with Gasteiger partial charge in [-0.05, 0) is 45.9 Å². The second-order valence-electron chi connectivity index (χ2n) is 4.64. The van der Waals surface area contributed by atoms with E-state index in [1.807, 2.05) is 32.2 Å². The van der Waals surface area contributed by atoms with Crippen LogP contribution in [0.3, 0.4) is 0 Å². The van der Waals surface area contributed by atoms with Crippen LogP contribution in [0.15, 0.2) is 48.7 Å². The number of allylic oxidation sites excluding steroid dienone is 5. The summed E-state index contributed by atoms with van der Waals surface area (Å²) in [6, 6.07) is 0. The summed E-state index contributed by atoms with van der Waals surface area (Å²) in [6.45, 7) is 10.9. The zero-order chi connectivity index (χ0) is 16.0. The van der Waals surface area contributed by atoms with Gasteiger partial charge in [0.1, 0.15) is 11.9 Å². The van der Waals surface area contributed by atoms with Crippen molar-refractivity contribution in [3.05, 3.63) is 48.7 Å². The lowest BCUT2D eigenvalue weighted by Crippen LogP contribution is -2.22. The van der Waals surface area contributed by atoms with E-state index in [9.17, 15) is 9.59 Å². The standard InChI is InChI=1S/C8H13N.C8H12O3/c1-4-6-8(9-3)7-5-2;1-8(2,3)11-7(10)5-4-6-9/h4-7,9H,1H2,2-3H3;4-6H,1-3H3/b7-5-,8-6+;5-4+. The largest absolute Gasteiger partial charge is 0.457 e. The minimum atomic E-state index is -0.496. The smallest absolute Gasteiger partial charge is 0.331 e. The van der Waals surface area contributed by atoms with Gasteiger partial charge < -0.3 is 10.1 Å². The number of esters is 1. The van der Waals surface area contributed by atoms with Gasteiger partial charge in [-0.3, -0.25) is 4.79 Å². The van der Waals surface area contributed by atoms with Gasteiger partial charge in [0.2, 0.25) is 0 Å². The highest BCUT2D eigenvalue weighted by atomic mass is 16.6. The van der Waals surface area contributed by atoms with Crippen LogP contribution in [0.2, 0.25) is 0 Å². The average Bonchev–Trinajstić information content (AvgIpc) is 2.35. The molecule has 0 aliphatic carbocycles. The van der Waals surface area contributed by atoms with Gasteiger partial charge in [0, 0.05) is 18.8 Å². The number of likely N-dealkylation sites (N-methyl/N-ethyl adjacent to an activating group) is 1. The lowest BCUT2D eigenvalue weighted by atomic mass is 10.2.